The molecule has 19 heavy (non-hydrogen) atoms. The van der Waals surface area contributed by atoms with Crippen LogP contribution in [0.3, 0.4) is 0 Å². The largest absolute Gasteiger partial charge is 0.493 e. The van der Waals surface area contributed by atoms with Crippen LogP contribution in [0.25, 0.3) is 0 Å². The molecule has 1 unspecified atom stereocenters. The van der Waals surface area contributed by atoms with E-state index in [0.29, 0.717) is 13.0 Å². The Morgan fingerprint density at radius 2 is 1.58 bits per heavy atom. The molecule has 2 rings (SSSR count). The fourth-order valence-corrected chi connectivity index (χ4v) is 2.35. The van der Waals surface area contributed by atoms with E-state index in [0.717, 1.165) is 16.9 Å². The number of ether oxygens (including phenoxy) is 1. The van der Waals surface area contributed by atoms with Gasteiger partial charge in [-0.2, -0.15) is 0 Å². The first-order valence-electron chi connectivity index (χ1n) is 6.72. The van der Waals surface area contributed by atoms with Gasteiger partial charge in [0.25, 0.3) is 0 Å². The van der Waals surface area contributed by atoms with Crippen LogP contribution in [0.15, 0.2) is 54.6 Å². The fourth-order valence-electron chi connectivity index (χ4n) is 2.35. The summed E-state index contributed by atoms with van der Waals surface area (Å²) >= 11 is 0. The molecular weight excluding hydrogens is 236 g/mol. The van der Waals surface area contributed by atoms with Crippen molar-refractivity contribution in [3.8, 4) is 5.75 Å². The minimum atomic E-state index is -1.01. The molecule has 2 nitrogen and oxygen atoms in total. The van der Waals surface area contributed by atoms with Crippen LogP contribution in [0.1, 0.15) is 31.4 Å². The molecule has 0 spiro atoms. The summed E-state index contributed by atoms with van der Waals surface area (Å²) in [6, 6.07) is 17.4. The van der Waals surface area contributed by atoms with E-state index in [1.54, 1.807) is 0 Å². The van der Waals surface area contributed by atoms with Gasteiger partial charge in [-0.1, -0.05) is 55.5 Å². The van der Waals surface area contributed by atoms with Gasteiger partial charge in [0.05, 0.1) is 6.61 Å². The van der Waals surface area contributed by atoms with E-state index in [1.165, 1.54) is 0 Å². The average Bonchev–Trinajstić information content (AvgIpc) is 2.48. The van der Waals surface area contributed by atoms with Crippen molar-refractivity contribution in [1.82, 2.24) is 0 Å². The van der Waals surface area contributed by atoms with Gasteiger partial charge in [0.1, 0.15) is 11.4 Å². The van der Waals surface area contributed by atoms with Crippen LogP contribution in [0.4, 0.5) is 0 Å². The van der Waals surface area contributed by atoms with Crippen LogP contribution in [0, 0.1) is 0 Å². The Hall–Kier alpha value is -1.80. The molecule has 0 saturated heterocycles. The standard InChI is InChI=1S/C17H20O2/c1-3-17(18,14-10-6-5-7-11-14)15-12-8-9-13-16(15)19-4-2/h5-13,18H,3-4H2,1-2H3. The maximum atomic E-state index is 11.1. The second kappa shape index (κ2) is 5.89. The normalized spacial score (nSPS) is 13.8. The molecule has 0 fully saturated rings. The SMILES string of the molecule is CCOc1ccccc1C(O)(CC)c1ccccc1. The highest BCUT2D eigenvalue weighted by molar-refractivity contribution is 5.44. The number of para-hydroxylation sites is 1. The van der Waals surface area contributed by atoms with Gasteiger partial charge in [0, 0.05) is 5.56 Å². The highest BCUT2D eigenvalue weighted by Gasteiger charge is 2.32. The molecular formula is C17H20O2. The van der Waals surface area contributed by atoms with Crippen LogP contribution < -0.4 is 4.74 Å². The number of benzene rings is 2. The van der Waals surface area contributed by atoms with Gasteiger partial charge in [0.2, 0.25) is 0 Å². The first-order chi connectivity index (χ1) is 9.22. The summed E-state index contributed by atoms with van der Waals surface area (Å²) in [6.45, 7) is 4.52. The quantitative estimate of drug-likeness (QED) is 0.883. The molecule has 0 aliphatic rings. The lowest BCUT2D eigenvalue weighted by Gasteiger charge is -2.29. The van der Waals surface area contributed by atoms with E-state index < -0.39 is 5.60 Å². The van der Waals surface area contributed by atoms with E-state index in [-0.39, 0.29) is 0 Å². The molecule has 1 atom stereocenters. The van der Waals surface area contributed by atoms with Gasteiger partial charge in [-0.3, -0.25) is 0 Å². The zero-order chi connectivity index (χ0) is 13.7. The molecule has 0 aliphatic carbocycles. The second-order valence-electron chi connectivity index (χ2n) is 4.51. The molecule has 0 aromatic heterocycles. The Kier molecular flexibility index (Phi) is 4.23. The molecule has 0 amide bonds. The van der Waals surface area contributed by atoms with E-state index in [4.69, 9.17) is 4.74 Å². The van der Waals surface area contributed by atoms with E-state index in [9.17, 15) is 5.11 Å². The fraction of sp³-hybridized carbons (Fsp3) is 0.294. The molecule has 0 aliphatic heterocycles. The molecule has 2 aromatic carbocycles. The zero-order valence-corrected chi connectivity index (χ0v) is 11.5. The zero-order valence-electron chi connectivity index (χ0n) is 11.5. The van der Waals surface area contributed by atoms with Crippen molar-refractivity contribution in [2.75, 3.05) is 6.61 Å². The van der Waals surface area contributed by atoms with Crippen LogP contribution in [0.5, 0.6) is 5.75 Å². The Balaban J connectivity index is 2.53. The van der Waals surface area contributed by atoms with Gasteiger partial charge >= 0.3 is 0 Å². The van der Waals surface area contributed by atoms with Crippen LogP contribution in [-0.2, 0) is 5.60 Å². The molecule has 0 saturated carbocycles. The third-order valence-corrected chi connectivity index (χ3v) is 3.40. The van der Waals surface area contributed by atoms with Gasteiger partial charge in [-0.05, 0) is 25.0 Å². The molecule has 0 radical (unpaired) electrons. The Bertz CT molecular complexity index is 522. The monoisotopic (exact) mass is 256 g/mol. The minimum Gasteiger partial charge on any atom is -0.493 e. The van der Waals surface area contributed by atoms with E-state index in [2.05, 4.69) is 0 Å². The number of hydrogen-bond donors (Lipinski definition) is 1. The van der Waals surface area contributed by atoms with Gasteiger partial charge < -0.3 is 9.84 Å². The van der Waals surface area contributed by atoms with Crippen molar-refractivity contribution in [2.24, 2.45) is 0 Å². The van der Waals surface area contributed by atoms with Crippen molar-refractivity contribution in [2.45, 2.75) is 25.9 Å². The number of aliphatic hydroxyl groups is 1. The summed E-state index contributed by atoms with van der Waals surface area (Å²) in [5, 5.41) is 11.1. The summed E-state index contributed by atoms with van der Waals surface area (Å²) in [5.41, 5.74) is 0.711. The first-order valence-corrected chi connectivity index (χ1v) is 6.72. The Labute approximate surface area is 114 Å². The smallest absolute Gasteiger partial charge is 0.125 e. The topological polar surface area (TPSA) is 29.5 Å². The third-order valence-electron chi connectivity index (χ3n) is 3.40. The van der Waals surface area contributed by atoms with Crippen molar-refractivity contribution < 1.29 is 9.84 Å². The highest BCUT2D eigenvalue weighted by atomic mass is 16.5. The summed E-state index contributed by atoms with van der Waals surface area (Å²) in [4.78, 5) is 0. The summed E-state index contributed by atoms with van der Waals surface area (Å²) in [7, 11) is 0. The summed E-state index contributed by atoms with van der Waals surface area (Å²) in [5.74, 6) is 0.748. The minimum absolute atomic E-state index is 0.589. The Morgan fingerprint density at radius 3 is 2.21 bits per heavy atom. The van der Waals surface area contributed by atoms with Crippen molar-refractivity contribution >= 4 is 0 Å². The van der Waals surface area contributed by atoms with Crippen LogP contribution >= 0.6 is 0 Å². The van der Waals surface area contributed by atoms with Crippen molar-refractivity contribution in [3.05, 3.63) is 65.7 Å². The lowest BCUT2D eigenvalue weighted by molar-refractivity contribution is 0.0730. The van der Waals surface area contributed by atoms with E-state index >= 15 is 0 Å². The maximum absolute atomic E-state index is 11.1. The summed E-state index contributed by atoms with van der Waals surface area (Å²) < 4.78 is 5.65. The second-order valence-corrected chi connectivity index (χ2v) is 4.51. The molecule has 2 aromatic rings. The number of hydrogen-bond acceptors (Lipinski definition) is 2. The lowest BCUT2D eigenvalue weighted by atomic mass is 9.83. The molecule has 0 heterocycles. The van der Waals surface area contributed by atoms with Crippen molar-refractivity contribution in [3.63, 3.8) is 0 Å². The average molecular weight is 256 g/mol. The van der Waals surface area contributed by atoms with E-state index in [1.807, 2.05) is 68.4 Å². The van der Waals surface area contributed by atoms with Crippen molar-refractivity contribution in [1.29, 1.82) is 0 Å². The van der Waals surface area contributed by atoms with Gasteiger partial charge in [-0.15, -0.1) is 0 Å². The molecule has 0 bridgehead atoms. The van der Waals surface area contributed by atoms with Crippen LogP contribution in [0.2, 0.25) is 0 Å². The predicted molar refractivity (Wildman–Crippen MR) is 77.3 cm³/mol. The third kappa shape index (κ3) is 2.64. The first kappa shape index (κ1) is 13.6. The molecule has 2 heteroatoms. The summed E-state index contributed by atoms with van der Waals surface area (Å²) in [6.07, 6.45) is 0.598. The maximum Gasteiger partial charge on any atom is 0.125 e. The van der Waals surface area contributed by atoms with Gasteiger partial charge in [-0.25, -0.2) is 0 Å². The number of rotatable bonds is 5. The molecule has 1 N–H and O–H groups in total. The lowest BCUT2D eigenvalue weighted by Crippen LogP contribution is -2.27. The van der Waals surface area contributed by atoms with Gasteiger partial charge in [0.15, 0.2) is 0 Å². The predicted octanol–water partition coefficient (Wildman–Crippen LogP) is 3.73. The Morgan fingerprint density at radius 1 is 0.947 bits per heavy atom. The highest BCUT2D eigenvalue weighted by Crippen LogP contribution is 2.37. The molecule has 100 valence electrons. The van der Waals surface area contributed by atoms with Crippen LogP contribution in [-0.4, -0.2) is 11.7 Å².